The van der Waals surface area contributed by atoms with Gasteiger partial charge < -0.3 is 10.4 Å². The van der Waals surface area contributed by atoms with Gasteiger partial charge in [-0.1, -0.05) is 32.0 Å². The highest BCUT2D eigenvalue weighted by Crippen LogP contribution is 2.46. The van der Waals surface area contributed by atoms with E-state index in [0.29, 0.717) is 12.0 Å². The number of benzene rings is 1. The fourth-order valence-electron chi connectivity index (χ4n) is 3.90. The van der Waals surface area contributed by atoms with Crippen molar-refractivity contribution in [2.45, 2.75) is 57.6 Å². The Bertz CT molecular complexity index is 502. The molecule has 1 saturated heterocycles. The molecule has 1 aromatic rings. The van der Waals surface area contributed by atoms with Crippen LogP contribution in [-0.2, 0) is 17.4 Å². The minimum Gasteiger partial charge on any atom is -0.386 e. The Morgan fingerprint density at radius 1 is 1.37 bits per heavy atom. The molecule has 3 rings (SSSR count). The van der Waals surface area contributed by atoms with E-state index in [2.05, 4.69) is 37.4 Å². The van der Waals surface area contributed by atoms with Crippen LogP contribution in [-0.4, -0.2) is 17.7 Å². The van der Waals surface area contributed by atoms with Gasteiger partial charge in [-0.25, -0.2) is 0 Å². The molecule has 1 aliphatic carbocycles. The van der Waals surface area contributed by atoms with Crippen LogP contribution in [0.1, 0.15) is 50.8 Å². The zero-order chi connectivity index (χ0) is 13.8. The van der Waals surface area contributed by atoms with Crippen LogP contribution in [0.5, 0.6) is 0 Å². The summed E-state index contributed by atoms with van der Waals surface area (Å²) in [5, 5.41) is 13.9. The van der Waals surface area contributed by atoms with Crippen LogP contribution in [0.2, 0.25) is 0 Å². The van der Waals surface area contributed by atoms with Crippen molar-refractivity contribution < 1.29 is 5.11 Å². The van der Waals surface area contributed by atoms with Gasteiger partial charge in [0, 0.05) is 6.04 Å². The van der Waals surface area contributed by atoms with Crippen LogP contribution in [0.25, 0.3) is 0 Å². The Kier molecular flexibility index (Phi) is 2.81. The Labute approximate surface area is 116 Å². The molecule has 2 N–H and O–H groups in total. The highest BCUT2D eigenvalue weighted by molar-refractivity contribution is 5.43. The fourth-order valence-corrected chi connectivity index (χ4v) is 3.90. The lowest BCUT2D eigenvalue weighted by molar-refractivity contribution is 0.0779. The third-order valence-electron chi connectivity index (χ3n) is 5.53. The van der Waals surface area contributed by atoms with E-state index >= 15 is 0 Å². The first-order valence-electron chi connectivity index (χ1n) is 7.42. The lowest BCUT2D eigenvalue weighted by Crippen LogP contribution is -2.56. The molecule has 1 aliphatic heterocycles. The number of nitrogens with one attached hydrogen (secondary N) is 1. The molecule has 0 saturated carbocycles. The van der Waals surface area contributed by atoms with Gasteiger partial charge in [-0.3, -0.25) is 0 Å². The average Bonchev–Trinajstić information content (AvgIpc) is 2.32. The second-order valence-electron chi connectivity index (χ2n) is 7.15. The number of fused-ring (bicyclic) bond motifs is 4. The van der Waals surface area contributed by atoms with Crippen LogP contribution in [0.3, 0.4) is 0 Å². The van der Waals surface area contributed by atoms with Gasteiger partial charge in [-0.05, 0) is 61.3 Å². The van der Waals surface area contributed by atoms with Crippen molar-refractivity contribution in [2.24, 2.45) is 5.92 Å². The van der Waals surface area contributed by atoms with Gasteiger partial charge in [0.05, 0.1) is 5.60 Å². The number of hydrogen-bond donors (Lipinski definition) is 2. The summed E-state index contributed by atoms with van der Waals surface area (Å²) in [6, 6.07) is 7.19. The van der Waals surface area contributed by atoms with E-state index in [1.54, 1.807) is 0 Å². The summed E-state index contributed by atoms with van der Waals surface area (Å²) in [7, 11) is 0. The molecule has 0 spiro atoms. The summed E-state index contributed by atoms with van der Waals surface area (Å²) in [5.41, 5.74) is 3.48. The van der Waals surface area contributed by atoms with Crippen LogP contribution in [0, 0.1) is 5.92 Å². The molecule has 2 bridgehead atoms. The molecule has 1 heterocycles. The average molecular weight is 259 g/mol. The van der Waals surface area contributed by atoms with Crippen molar-refractivity contribution in [1.29, 1.82) is 0 Å². The number of aliphatic hydroxyl groups is 1. The maximum atomic E-state index is 10.3. The molecule has 104 valence electrons. The van der Waals surface area contributed by atoms with Crippen molar-refractivity contribution in [3.8, 4) is 0 Å². The van der Waals surface area contributed by atoms with Crippen molar-refractivity contribution in [3.63, 3.8) is 0 Å². The fraction of sp³-hybridized carbons (Fsp3) is 0.647. The Hall–Kier alpha value is -0.860. The molecular formula is C17H25NO. The number of rotatable bonds is 1. The van der Waals surface area contributed by atoms with Crippen molar-refractivity contribution in [2.75, 3.05) is 6.54 Å². The molecule has 19 heavy (non-hydrogen) atoms. The molecule has 2 unspecified atom stereocenters. The summed E-state index contributed by atoms with van der Waals surface area (Å²) >= 11 is 0. The second-order valence-corrected chi connectivity index (χ2v) is 7.15. The summed E-state index contributed by atoms with van der Waals surface area (Å²) in [4.78, 5) is 0. The van der Waals surface area contributed by atoms with Crippen molar-refractivity contribution in [3.05, 3.63) is 34.9 Å². The highest BCUT2D eigenvalue weighted by atomic mass is 16.3. The van der Waals surface area contributed by atoms with E-state index in [9.17, 15) is 5.11 Å². The van der Waals surface area contributed by atoms with Crippen LogP contribution in [0.15, 0.2) is 18.2 Å². The maximum absolute atomic E-state index is 10.3. The van der Waals surface area contributed by atoms with Crippen molar-refractivity contribution in [1.82, 2.24) is 5.32 Å². The monoisotopic (exact) mass is 259 g/mol. The third-order valence-corrected chi connectivity index (χ3v) is 5.53. The first-order chi connectivity index (χ1) is 8.82. The molecule has 1 aromatic carbocycles. The van der Waals surface area contributed by atoms with Crippen LogP contribution >= 0.6 is 0 Å². The predicted octanol–water partition coefficient (Wildman–Crippen LogP) is 2.73. The first kappa shape index (κ1) is 13.1. The van der Waals surface area contributed by atoms with E-state index < -0.39 is 5.60 Å². The largest absolute Gasteiger partial charge is 0.386 e. The quantitative estimate of drug-likeness (QED) is 0.813. The SMILES string of the molecule is CC1C2Cc3ccc(C(C)(C)O)cc3[C@]1(C)CCN2. The van der Waals surface area contributed by atoms with E-state index in [-0.39, 0.29) is 5.41 Å². The van der Waals surface area contributed by atoms with Gasteiger partial charge in [0.15, 0.2) is 0 Å². The first-order valence-corrected chi connectivity index (χ1v) is 7.42. The number of piperidine rings is 1. The van der Waals surface area contributed by atoms with Gasteiger partial charge in [0.25, 0.3) is 0 Å². The highest BCUT2D eigenvalue weighted by Gasteiger charge is 2.45. The van der Waals surface area contributed by atoms with Gasteiger partial charge >= 0.3 is 0 Å². The Morgan fingerprint density at radius 3 is 2.79 bits per heavy atom. The zero-order valence-electron chi connectivity index (χ0n) is 12.5. The van der Waals surface area contributed by atoms with Gasteiger partial charge in [-0.2, -0.15) is 0 Å². The van der Waals surface area contributed by atoms with Crippen molar-refractivity contribution >= 4 is 0 Å². The predicted molar refractivity (Wildman–Crippen MR) is 78.3 cm³/mol. The van der Waals surface area contributed by atoms with E-state index in [0.717, 1.165) is 18.5 Å². The van der Waals surface area contributed by atoms with Gasteiger partial charge in [-0.15, -0.1) is 0 Å². The Morgan fingerprint density at radius 2 is 2.11 bits per heavy atom. The summed E-state index contributed by atoms with van der Waals surface area (Å²) in [5.74, 6) is 0.658. The number of hydrogen-bond acceptors (Lipinski definition) is 2. The van der Waals surface area contributed by atoms with E-state index in [1.807, 2.05) is 13.8 Å². The zero-order valence-corrected chi connectivity index (χ0v) is 12.5. The van der Waals surface area contributed by atoms with Crippen LogP contribution in [0.4, 0.5) is 0 Å². The van der Waals surface area contributed by atoms with Crippen LogP contribution < -0.4 is 5.32 Å². The van der Waals surface area contributed by atoms with E-state index in [1.165, 1.54) is 17.5 Å². The molecule has 0 amide bonds. The lowest BCUT2D eigenvalue weighted by atomic mass is 9.59. The summed E-state index contributed by atoms with van der Waals surface area (Å²) in [6.07, 6.45) is 2.31. The topological polar surface area (TPSA) is 32.3 Å². The third kappa shape index (κ3) is 1.93. The lowest BCUT2D eigenvalue weighted by Gasteiger charge is -2.50. The maximum Gasteiger partial charge on any atom is 0.0840 e. The standard InChI is InChI=1S/C17H25NO/c1-11-15-9-12-5-6-13(16(2,3)19)10-14(12)17(11,4)7-8-18-15/h5-6,10-11,15,18-19H,7-9H2,1-4H3/t11?,15?,17-/m1/s1. The smallest absolute Gasteiger partial charge is 0.0840 e. The molecule has 2 heteroatoms. The molecular weight excluding hydrogens is 234 g/mol. The Balaban J connectivity index is 2.14. The molecule has 1 fully saturated rings. The summed E-state index contributed by atoms with van der Waals surface area (Å²) in [6.45, 7) is 9.62. The van der Waals surface area contributed by atoms with E-state index in [4.69, 9.17) is 0 Å². The molecule has 0 radical (unpaired) electrons. The van der Waals surface area contributed by atoms with Gasteiger partial charge in [0.2, 0.25) is 0 Å². The molecule has 2 nitrogen and oxygen atoms in total. The minimum absolute atomic E-state index is 0.255. The second kappa shape index (κ2) is 4.07. The normalized spacial score (nSPS) is 33.9. The molecule has 3 atom stereocenters. The van der Waals surface area contributed by atoms with Gasteiger partial charge in [0.1, 0.15) is 0 Å². The summed E-state index contributed by atoms with van der Waals surface area (Å²) < 4.78 is 0. The molecule has 0 aromatic heterocycles. The minimum atomic E-state index is -0.752. The molecule has 2 aliphatic rings.